The van der Waals surface area contributed by atoms with Crippen molar-refractivity contribution in [2.24, 2.45) is 0 Å². The molecule has 1 fully saturated rings. The van der Waals surface area contributed by atoms with E-state index in [2.05, 4.69) is 10.2 Å². The molecular formula is C9H14N2O2S. The maximum atomic E-state index is 10.1. The second-order valence-electron chi connectivity index (χ2n) is 3.94. The first-order chi connectivity index (χ1) is 6.57. The molecule has 2 rings (SSSR count). The van der Waals surface area contributed by atoms with E-state index in [0.717, 1.165) is 10.0 Å². The van der Waals surface area contributed by atoms with Crippen LogP contribution in [-0.2, 0) is 11.2 Å². The Kier molecular flexibility index (Phi) is 2.55. The summed E-state index contributed by atoms with van der Waals surface area (Å²) in [6.45, 7) is 4.30. The Labute approximate surface area is 86.9 Å². The summed E-state index contributed by atoms with van der Waals surface area (Å²) in [7, 11) is 0. The van der Waals surface area contributed by atoms with Crippen LogP contribution in [-0.4, -0.2) is 33.6 Å². The molecule has 0 spiro atoms. The minimum Gasteiger partial charge on any atom is -0.387 e. The number of aliphatic hydroxyl groups is 1. The molecule has 0 amide bonds. The van der Waals surface area contributed by atoms with E-state index < -0.39 is 5.60 Å². The number of ether oxygens (including phenoxy) is 1. The van der Waals surface area contributed by atoms with Crippen LogP contribution in [0.1, 0.15) is 23.4 Å². The van der Waals surface area contributed by atoms with Gasteiger partial charge in [0.05, 0.1) is 18.3 Å². The van der Waals surface area contributed by atoms with Crippen molar-refractivity contribution in [1.29, 1.82) is 0 Å². The van der Waals surface area contributed by atoms with Gasteiger partial charge in [0.2, 0.25) is 0 Å². The van der Waals surface area contributed by atoms with Gasteiger partial charge in [-0.1, -0.05) is 0 Å². The predicted molar refractivity (Wildman–Crippen MR) is 53.3 cm³/mol. The van der Waals surface area contributed by atoms with Gasteiger partial charge in [-0.2, -0.15) is 0 Å². The summed E-state index contributed by atoms with van der Waals surface area (Å²) in [5.74, 6) is 0. The van der Waals surface area contributed by atoms with Gasteiger partial charge in [0.25, 0.3) is 0 Å². The lowest BCUT2D eigenvalue weighted by molar-refractivity contribution is 0.0229. The minimum absolute atomic E-state index is 0.147. The molecular weight excluding hydrogens is 200 g/mol. The van der Waals surface area contributed by atoms with Gasteiger partial charge in [0.1, 0.15) is 10.0 Å². The highest BCUT2D eigenvalue weighted by atomic mass is 32.1. The predicted octanol–water partition coefficient (Wildman–Crippen LogP) is 0.929. The maximum absolute atomic E-state index is 10.1. The SMILES string of the molecule is Cc1nnc(CC2(O)COC(C)C2)s1. The third kappa shape index (κ3) is 2.10. The van der Waals surface area contributed by atoms with Crippen molar-refractivity contribution in [3.63, 3.8) is 0 Å². The van der Waals surface area contributed by atoms with Crippen molar-refractivity contribution in [3.05, 3.63) is 10.0 Å². The van der Waals surface area contributed by atoms with Crippen molar-refractivity contribution < 1.29 is 9.84 Å². The lowest BCUT2D eigenvalue weighted by Crippen LogP contribution is -2.31. The zero-order chi connectivity index (χ0) is 10.2. The van der Waals surface area contributed by atoms with E-state index in [4.69, 9.17) is 4.74 Å². The van der Waals surface area contributed by atoms with E-state index in [1.807, 2.05) is 13.8 Å². The fourth-order valence-corrected chi connectivity index (χ4v) is 2.61. The fourth-order valence-electron chi connectivity index (χ4n) is 1.76. The average Bonchev–Trinajstić information content (AvgIpc) is 2.60. The topological polar surface area (TPSA) is 55.2 Å². The number of rotatable bonds is 2. The molecule has 5 heteroatoms. The third-order valence-electron chi connectivity index (χ3n) is 2.35. The summed E-state index contributed by atoms with van der Waals surface area (Å²) in [5.41, 5.74) is -0.731. The molecule has 14 heavy (non-hydrogen) atoms. The van der Waals surface area contributed by atoms with Crippen LogP contribution >= 0.6 is 11.3 Å². The second-order valence-corrected chi connectivity index (χ2v) is 5.21. The van der Waals surface area contributed by atoms with Crippen LogP contribution in [0.4, 0.5) is 0 Å². The second kappa shape index (κ2) is 3.56. The van der Waals surface area contributed by atoms with E-state index in [1.54, 1.807) is 0 Å². The molecule has 4 nitrogen and oxygen atoms in total. The molecule has 0 saturated carbocycles. The van der Waals surface area contributed by atoms with Gasteiger partial charge in [0, 0.05) is 12.8 Å². The summed E-state index contributed by atoms with van der Waals surface area (Å²) >= 11 is 1.54. The van der Waals surface area contributed by atoms with E-state index in [0.29, 0.717) is 19.4 Å². The number of aromatic nitrogens is 2. The average molecular weight is 214 g/mol. The molecule has 78 valence electrons. The van der Waals surface area contributed by atoms with Gasteiger partial charge in [0.15, 0.2) is 0 Å². The Morgan fingerprint density at radius 2 is 2.43 bits per heavy atom. The lowest BCUT2D eigenvalue weighted by atomic mass is 9.97. The van der Waals surface area contributed by atoms with Gasteiger partial charge in [-0.15, -0.1) is 21.5 Å². The van der Waals surface area contributed by atoms with Gasteiger partial charge in [-0.25, -0.2) is 0 Å². The number of hydrogen-bond donors (Lipinski definition) is 1. The molecule has 1 aromatic rings. The largest absolute Gasteiger partial charge is 0.387 e. The first-order valence-corrected chi connectivity index (χ1v) is 5.52. The summed E-state index contributed by atoms with van der Waals surface area (Å²) in [5, 5.41) is 19.9. The third-order valence-corrected chi connectivity index (χ3v) is 3.19. The fraction of sp³-hybridized carbons (Fsp3) is 0.778. The van der Waals surface area contributed by atoms with Crippen molar-refractivity contribution in [2.45, 2.75) is 38.4 Å². The van der Waals surface area contributed by atoms with E-state index in [-0.39, 0.29) is 6.10 Å². The summed E-state index contributed by atoms with van der Waals surface area (Å²) in [6.07, 6.45) is 1.39. The van der Waals surface area contributed by atoms with Gasteiger partial charge in [-0.3, -0.25) is 0 Å². The van der Waals surface area contributed by atoms with Gasteiger partial charge < -0.3 is 9.84 Å². The van der Waals surface area contributed by atoms with E-state index in [1.165, 1.54) is 11.3 Å². The minimum atomic E-state index is -0.731. The Balaban J connectivity index is 2.03. The van der Waals surface area contributed by atoms with Crippen molar-refractivity contribution in [3.8, 4) is 0 Å². The normalized spacial score (nSPS) is 32.4. The molecule has 0 bridgehead atoms. The Morgan fingerprint density at radius 1 is 1.64 bits per heavy atom. The van der Waals surface area contributed by atoms with E-state index in [9.17, 15) is 5.11 Å². The molecule has 2 atom stereocenters. The van der Waals surface area contributed by atoms with Crippen LogP contribution in [0, 0.1) is 6.92 Å². The maximum Gasteiger partial charge on any atom is 0.120 e. The van der Waals surface area contributed by atoms with Crippen LogP contribution in [0.2, 0.25) is 0 Å². The standard InChI is InChI=1S/C9H14N2O2S/c1-6-3-9(12,5-13-6)4-8-11-10-7(2)14-8/h6,12H,3-5H2,1-2H3. The Morgan fingerprint density at radius 3 is 2.93 bits per heavy atom. The van der Waals surface area contributed by atoms with Crippen LogP contribution in [0.5, 0.6) is 0 Å². The number of aryl methyl sites for hydroxylation is 1. The highest BCUT2D eigenvalue weighted by Gasteiger charge is 2.37. The van der Waals surface area contributed by atoms with Gasteiger partial charge >= 0.3 is 0 Å². The molecule has 1 saturated heterocycles. The monoisotopic (exact) mass is 214 g/mol. The molecule has 1 aromatic heterocycles. The number of nitrogens with zero attached hydrogens (tertiary/aromatic N) is 2. The molecule has 2 heterocycles. The van der Waals surface area contributed by atoms with Crippen LogP contribution < -0.4 is 0 Å². The first kappa shape index (κ1) is 10.0. The highest BCUT2D eigenvalue weighted by molar-refractivity contribution is 7.11. The Bertz CT molecular complexity index is 328. The molecule has 0 aromatic carbocycles. The summed E-state index contributed by atoms with van der Waals surface area (Å²) in [6, 6.07) is 0. The van der Waals surface area contributed by atoms with Crippen LogP contribution in [0.3, 0.4) is 0 Å². The molecule has 0 radical (unpaired) electrons. The van der Waals surface area contributed by atoms with Crippen molar-refractivity contribution in [2.75, 3.05) is 6.61 Å². The highest BCUT2D eigenvalue weighted by Crippen LogP contribution is 2.28. The smallest absolute Gasteiger partial charge is 0.120 e. The summed E-state index contributed by atoms with van der Waals surface area (Å²) < 4.78 is 5.35. The first-order valence-electron chi connectivity index (χ1n) is 4.70. The van der Waals surface area contributed by atoms with Crippen molar-refractivity contribution >= 4 is 11.3 Å². The van der Waals surface area contributed by atoms with Gasteiger partial charge in [-0.05, 0) is 13.8 Å². The molecule has 1 N–H and O–H groups in total. The van der Waals surface area contributed by atoms with Crippen molar-refractivity contribution in [1.82, 2.24) is 10.2 Å². The molecule has 2 unspecified atom stereocenters. The van der Waals surface area contributed by atoms with Crippen LogP contribution in [0.15, 0.2) is 0 Å². The number of hydrogen-bond acceptors (Lipinski definition) is 5. The van der Waals surface area contributed by atoms with Crippen LogP contribution in [0.25, 0.3) is 0 Å². The van der Waals surface area contributed by atoms with E-state index >= 15 is 0 Å². The zero-order valence-corrected chi connectivity index (χ0v) is 9.17. The molecule has 1 aliphatic rings. The lowest BCUT2D eigenvalue weighted by Gasteiger charge is -2.18. The Hall–Kier alpha value is -0.520. The molecule has 1 aliphatic heterocycles. The quantitative estimate of drug-likeness (QED) is 0.795. The summed E-state index contributed by atoms with van der Waals surface area (Å²) in [4.78, 5) is 0. The molecule has 0 aliphatic carbocycles. The zero-order valence-electron chi connectivity index (χ0n) is 8.36.